The van der Waals surface area contributed by atoms with Crippen LogP contribution >= 0.6 is 35.5 Å². The van der Waals surface area contributed by atoms with Crippen molar-refractivity contribution >= 4 is 41.4 Å². The number of hydrogen-bond donors (Lipinski definition) is 2. The Morgan fingerprint density at radius 3 is 2.62 bits per heavy atom. The summed E-state index contributed by atoms with van der Waals surface area (Å²) in [7, 11) is 1.66. The van der Waals surface area contributed by atoms with Crippen molar-refractivity contribution in [1.82, 2.24) is 5.32 Å². The van der Waals surface area contributed by atoms with Crippen LogP contribution in [0.2, 0.25) is 0 Å². The number of amides is 1. The number of rotatable bonds is 8. The third kappa shape index (κ3) is 6.02. The zero-order valence-electron chi connectivity index (χ0n) is 13.8. The first kappa shape index (κ1) is 20.8. The van der Waals surface area contributed by atoms with Crippen LogP contribution in [0, 0.1) is 0 Å². The molecular formula is C17H23ClN2O2S2. The van der Waals surface area contributed by atoms with Crippen molar-refractivity contribution in [3.05, 3.63) is 41.3 Å². The Morgan fingerprint density at radius 2 is 2.00 bits per heavy atom. The molecule has 0 aliphatic carbocycles. The van der Waals surface area contributed by atoms with E-state index in [9.17, 15) is 4.79 Å². The molecule has 1 aromatic heterocycles. The minimum absolute atomic E-state index is 0. The van der Waals surface area contributed by atoms with Crippen LogP contribution in [0.3, 0.4) is 0 Å². The highest BCUT2D eigenvalue weighted by molar-refractivity contribution is 7.98. The Balaban J connectivity index is 0.00000288. The molecular weight excluding hydrogens is 364 g/mol. The number of hydrogen-bond acceptors (Lipinski definition) is 5. The van der Waals surface area contributed by atoms with Gasteiger partial charge in [-0.25, -0.2) is 0 Å². The Hall–Kier alpha value is -1.21. The van der Waals surface area contributed by atoms with Crippen LogP contribution < -0.4 is 15.8 Å². The van der Waals surface area contributed by atoms with E-state index in [1.54, 1.807) is 30.2 Å². The maximum atomic E-state index is 11.9. The van der Waals surface area contributed by atoms with Crippen molar-refractivity contribution in [3.63, 3.8) is 0 Å². The molecule has 0 radical (unpaired) electrons. The maximum Gasteiger partial charge on any atom is 0.237 e. The van der Waals surface area contributed by atoms with E-state index in [4.69, 9.17) is 10.5 Å². The van der Waals surface area contributed by atoms with Gasteiger partial charge >= 0.3 is 0 Å². The van der Waals surface area contributed by atoms with Gasteiger partial charge in [0.1, 0.15) is 5.75 Å². The van der Waals surface area contributed by atoms with Gasteiger partial charge in [-0.15, -0.1) is 23.7 Å². The number of ether oxygens (including phenoxy) is 1. The molecule has 0 aliphatic heterocycles. The van der Waals surface area contributed by atoms with Gasteiger partial charge in [0.05, 0.1) is 19.7 Å². The Morgan fingerprint density at radius 1 is 1.29 bits per heavy atom. The van der Waals surface area contributed by atoms with Crippen molar-refractivity contribution in [2.45, 2.75) is 19.0 Å². The van der Waals surface area contributed by atoms with E-state index in [0.29, 0.717) is 13.0 Å². The summed E-state index contributed by atoms with van der Waals surface area (Å²) in [5.74, 6) is 1.66. The molecule has 0 spiro atoms. The van der Waals surface area contributed by atoms with E-state index >= 15 is 0 Å². The molecule has 2 rings (SSSR count). The lowest BCUT2D eigenvalue weighted by molar-refractivity contribution is -0.122. The molecule has 1 aromatic carbocycles. The van der Waals surface area contributed by atoms with Gasteiger partial charge in [0.25, 0.3) is 0 Å². The van der Waals surface area contributed by atoms with E-state index in [-0.39, 0.29) is 18.3 Å². The number of thioether (sulfide) groups is 1. The second-order valence-electron chi connectivity index (χ2n) is 5.10. The SMILES string of the molecule is COc1ccc(-c2ccc(CNC(=O)[C@@H](N)CCSC)s2)cc1.Cl. The zero-order valence-corrected chi connectivity index (χ0v) is 16.2. The first-order valence-electron chi connectivity index (χ1n) is 7.39. The molecule has 1 heterocycles. The summed E-state index contributed by atoms with van der Waals surface area (Å²) in [6.07, 6.45) is 2.71. The summed E-state index contributed by atoms with van der Waals surface area (Å²) < 4.78 is 5.17. The van der Waals surface area contributed by atoms with Gasteiger partial charge in [0.15, 0.2) is 0 Å². The lowest BCUT2D eigenvalue weighted by Gasteiger charge is -2.10. The van der Waals surface area contributed by atoms with Crippen LogP contribution in [0.5, 0.6) is 5.75 Å². The van der Waals surface area contributed by atoms with Crippen LogP contribution in [0.4, 0.5) is 0 Å². The number of methoxy groups -OCH3 is 1. The first-order chi connectivity index (χ1) is 11.1. The number of carbonyl (C=O) groups excluding carboxylic acids is 1. The third-order valence-corrected chi connectivity index (χ3v) is 5.22. The fraction of sp³-hybridized carbons (Fsp3) is 0.353. The van der Waals surface area contributed by atoms with E-state index in [1.165, 1.54) is 4.88 Å². The van der Waals surface area contributed by atoms with E-state index in [1.807, 2.05) is 36.6 Å². The largest absolute Gasteiger partial charge is 0.497 e. The van der Waals surface area contributed by atoms with E-state index in [0.717, 1.165) is 21.9 Å². The van der Waals surface area contributed by atoms with E-state index < -0.39 is 6.04 Å². The number of thiophene rings is 1. The van der Waals surface area contributed by atoms with Crippen LogP contribution in [-0.4, -0.2) is 31.1 Å². The molecule has 132 valence electrons. The highest BCUT2D eigenvalue weighted by Gasteiger charge is 2.12. The Labute approximate surface area is 157 Å². The van der Waals surface area contributed by atoms with Crippen molar-refractivity contribution in [3.8, 4) is 16.2 Å². The average molecular weight is 387 g/mol. The number of carbonyl (C=O) groups is 1. The molecule has 1 atom stereocenters. The van der Waals surface area contributed by atoms with Crippen molar-refractivity contribution in [1.29, 1.82) is 0 Å². The quantitative estimate of drug-likeness (QED) is 0.728. The van der Waals surface area contributed by atoms with E-state index in [2.05, 4.69) is 11.4 Å². The van der Waals surface area contributed by atoms with Crippen molar-refractivity contribution in [2.75, 3.05) is 19.1 Å². The fourth-order valence-electron chi connectivity index (χ4n) is 2.06. The molecule has 1 amide bonds. The molecule has 0 bridgehead atoms. The standard InChI is InChI=1S/C17H22N2O2S2.ClH/c1-21-13-5-3-12(4-6-13)16-8-7-14(23-16)11-19-17(20)15(18)9-10-22-2;/h3-8,15H,9-11,18H2,1-2H3,(H,19,20);1H/t15-;/m0./s1. The molecule has 0 aliphatic rings. The maximum absolute atomic E-state index is 11.9. The third-order valence-electron chi connectivity index (χ3n) is 3.44. The number of nitrogens with two attached hydrogens (primary N) is 1. The first-order valence-corrected chi connectivity index (χ1v) is 9.60. The molecule has 2 aromatic rings. The highest BCUT2D eigenvalue weighted by Crippen LogP contribution is 2.29. The summed E-state index contributed by atoms with van der Waals surface area (Å²) in [6.45, 7) is 0.520. The summed E-state index contributed by atoms with van der Waals surface area (Å²) in [6, 6.07) is 11.6. The molecule has 0 unspecified atom stereocenters. The molecule has 24 heavy (non-hydrogen) atoms. The summed E-state index contributed by atoms with van der Waals surface area (Å²) in [5.41, 5.74) is 7.00. The monoisotopic (exact) mass is 386 g/mol. The highest BCUT2D eigenvalue weighted by atomic mass is 35.5. The predicted octanol–water partition coefficient (Wildman–Crippen LogP) is 3.54. The van der Waals surface area contributed by atoms with Gasteiger partial charge in [-0.05, 0) is 60.4 Å². The van der Waals surface area contributed by atoms with Crippen molar-refractivity contribution < 1.29 is 9.53 Å². The van der Waals surface area contributed by atoms with Gasteiger partial charge in [-0.1, -0.05) is 0 Å². The van der Waals surface area contributed by atoms with Crippen molar-refractivity contribution in [2.24, 2.45) is 5.73 Å². The van der Waals surface area contributed by atoms with Gasteiger partial charge in [-0.2, -0.15) is 11.8 Å². The second kappa shape index (κ2) is 10.6. The topological polar surface area (TPSA) is 64.3 Å². The summed E-state index contributed by atoms with van der Waals surface area (Å²) in [4.78, 5) is 14.2. The summed E-state index contributed by atoms with van der Waals surface area (Å²) >= 11 is 3.37. The molecule has 3 N–H and O–H groups in total. The van der Waals surface area contributed by atoms with Gasteiger partial charge in [0, 0.05) is 9.75 Å². The Bertz CT molecular complexity index is 632. The zero-order chi connectivity index (χ0) is 16.7. The molecule has 0 fully saturated rings. The average Bonchev–Trinajstić information content (AvgIpc) is 3.06. The molecule has 0 saturated carbocycles. The lowest BCUT2D eigenvalue weighted by Crippen LogP contribution is -2.40. The van der Waals surface area contributed by atoms with Crippen LogP contribution in [0.25, 0.3) is 10.4 Å². The molecule has 7 heteroatoms. The van der Waals surface area contributed by atoms with Crippen LogP contribution in [0.15, 0.2) is 36.4 Å². The smallest absolute Gasteiger partial charge is 0.237 e. The Kier molecular flexibility index (Phi) is 9.21. The number of benzene rings is 1. The van der Waals surface area contributed by atoms with Crippen LogP contribution in [0.1, 0.15) is 11.3 Å². The summed E-state index contributed by atoms with van der Waals surface area (Å²) in [5, 5.41) is 2.91. The fourth-order valence-corrected chi connectivity index (χ4v) is 3.51. The minimum Gasteiger partial charge on any atom is -0.497 e. The van der Waals surface area contributed by atoms with Gasteiger partial charge in [-0.3, -0.25) is 4.79 Å². The van der Waals surface area contributed by atoms with Gasteiger partial charge < -0.3 is 15.8 Å². The lowest BCUT2D eigenvalue weighted by atomic mass is 10.2. The van der Waals surface area contributed by atoms with Gasteiger partial charge in [0.2, 0.25) is 5.91 Å². The second-order valence-corrected chi connectivity index (χ2v) is 7.25. The molecule has 0 saturated heterocycles. The minimum atomic E-state index is -0.427. The number of nitrogens with one attached hydrogen (secondary N) is 1. The van der Waals surface area contributed by atoms with Crippen LogP contribution in [-0.2, 0) is 11.3 Å². The molecule has 4 nitrogen and oxygen atoms in total. The predicted molar refractivity (Wildman–Crippen MR) is 106 cm³/mol. The number of halogens is 1. The normalized spacial score (nSPS) is 11.5.